The number of aliphatic carboxylic acids is 1. The second-order valence-electron chi connectivity index (χ2n) is 8.44. The predicted molar refractivity (Wildman–Crippen MR) is 121 cm³/mol. The number of ketones is 1. The molecule has 2 atom stereocenters. The first-order valence-electron chi connectivity index (χ1n) is 10.9. The van der Waals surface area contributed by atoms with Crippen LogP contribution in [0.4, 0.5) is 0 Å². The SMILES string of the molecule is O=C(NCc1ccc(Cl)cc1)c1c(CC(=O)C2CCCCC2C(=O)O)sc2c1CCC2. The van der Waals surface area contributed by atoms with Gasteiger partial charge in [-0.15, -0.1) is 11.3 Å². The molecule has 1 saturated carbocycles. The number of Topliss-reactive ketones (excluding diaryl/α,β-unsaturated/α-hetero) is 1. The minimum atomic E-state index is -0.882. The normalized spacial score (nSPS) is 20.3. The van der Waals surface area contributed by atoms with E-state index in [1.54, 1.807) is 23.5 Å². The number of thiophene rings is 1. The van der Waals surface area contributed by atoms with Crippen LogP contribution in [0.2, 0.25) is 5.02 Å². The lowest BCUT2D eigenvalue weighted by molar-refractivity contribution is -0.148. The number of carbonyl (C=O) groups excluding carboxylic acids is 2. The van der Waals surface area contributed by atoms with Gasteiger partial charge in [0.1, 0.15) is 5.78 Å². The number of fused-ring (bicyclic) bond motifs is 1. The summed E-state index contributed by atoms with van der Waals surface area (Å²) in [5.74, 6) is -2.13. The fourth-order valence-electron chi connectivity index (χ4n) is 4.82. The zero-order chi connectivity index (χ0) is 22.0. The van der Waals surface area contributed by atoms with Gasteiger partial charge in [0.15, 0.2) is 0 Å². The van der Waals surface area contributed by atoms with E-state index in [0.29, 0.717) is 30.0 Å². The van der Waals surface area contributed by atoms with E-state index < -0.39 is 17.8 Å². The lowest BCUT2D eigenvalue weighted by Gasteiger charge is -2.27. The maximum Gasteiger partial charge on any atom is 0.307 e. The van der Waals surface area contributed by atoms with Crippen LogP contribution in [0.1, 0.15) is 63.3 Å². The highest BCUT2D eigenvalue weighted by Gasteiger charge is 2.36. The van der Waals surface area contributed by atoms with Crippen molar-refractivity contribution in [3.8, 4) is 0 Å². The quantitative estimate of drug-likeness (QED) is 0.621. The summed E-state index contributed by atoms with van der Waals surface area (Å²) >= 11 is 7.48. The average Bonchev–Trinajstić information content (AvgIpc) is 3.34. The number of benzene rings is 1. The van der Waals surface area contributed by atoms with Gasteiger partial charge in [0, 0.05) is 33.7 Å². The molecule has 1 aromatic heterocycles. The van der Waals surface area contributed by atoms with E-state index in [4.69, 9.17) is 11.6 Å². The van der Waals surface area contributed by atoms with Gasteiger partial charge in [0.25, 0.3) is 5.91 Å². The van der Waals surface area contributed by atoms with Crippen molar-refractivity contribution in [3.63, 3.8) is 0 Å². The van der Waals surface area contributed by atoms with Gasteiger partial charge in [-0.3, -0.25) is 14.4 Å². The topological polar surface area (TPSA) is 83.5 Å². The number of amides is 1. The molecule has 0 spiro atoms. The third kappa shape index (κ3) is 4.85. The standard InChI is InChI=1S/C24H26ClNO4S/c25-15-10-8-14(9-11-15)13-26-23(28)22-18-6-3-7-20(18)31-21(22)12-19(27)16-4-1-2-5-17(16)24(29)30/h8-11,16-17H,1-7,12-13H2,(H,26,28)(H,29,30). The molecule has 0 aliphatic heterocycles. The van der Waals surface area contributed by atoms with E-state index in [2.05, 4.69) is 5.32 Å². The first kappa shape index (κ1) is 22.0. The number of aryl methyl sites for hydroxylation is 1. The van der Waals surface area contributed by atoms with E-state index in [1.807, 2.05) is 12.1 Å². The Balaban J connectivity index is 1.52. The predicted octanol–water partition coefficient (Wildman–Crippen LogP) is 4.82. The van der Waals surface area contributed by atoms with Crippen molar-refractivity contribution in [1.82, 2.24) is 5.32 Å². The molecular weight excluding hydrogens is 434 g/mol. The third-order valence-corrected chi connectivity index (χ3v) is 7.96. The Morgan fingerprint density at radius 3 is 2.45 bits per heavy atom. The Hall–Kier alpha value is -2.18. The van der Waals surface area contributed by atoms with Gasteiger partial charge in [-0.25, -0.2) is 0 Å². The first-order chi connectivity index (χ1) is 14.9. The van der Waals surface area contributed by atoms with Crippen molar-refractivity contribution >= 4 is 40.6 Å². The van der Waals surface area contributed by atoms with Crippen molar-refractivity contribution in [1.29, 1.82) is 0 Å². The maximum atomic E-state index is 13.1. The lowest BCUT2D eigenvalue weighted by Crippen LogP contribution is -2.33. The molecule has 5 nitrogen and oxygen atoms in total. The third-order valence-electron chi connectivity index (χ3n) is 6.42. The summed E-state index contributed by atoms with van der Waals surface area (Å²) in [6, 6.07) is 7.33. The lowest BCUT2D eigenvalue weighted by atomic mass is 9.76. The number of carboxylic acids is 1. The minimum absolute atomic E-state index is 0.0428. The van der Waals surface area contributed by atoms with Gasteiger partial charge in [0.05, 0.1) is 11.5 Å². The molecule has 2 aliphatic rings. The molecule has 0 saturated heterocycles. The zero-order valence-electron chi connectivity index (χ0n) is 17.3. The number of carbonyl (C=O) groups is 3. The Bertz CT molecular complexity index is 998. The van der Waals surface area contributed by atoms with Gasteiger partial charge in [-0.05, 0) is 55.4 Å². The Kier molecular flexibility index (Phi) is 6.77. The molecule has 2 aromatic rings. The number of halogens is 1. The molecule has 4 rings (SSSR count). The Morgan fingerprint density at radius 1 is 1.03 bits per heavy atom. The molecule has 2 N–H and O–H groups in total. The van der Waals surface area contributed by atoms with Crippen LogP contribution in [0.5, 0.6) is 0 Å². The van der Waals surface area contributed by atoms with Crippen LogP contribution in [0.15, 0.2) is 24.3 Å². The minimum Gasteiger partial charge on any atom is -0.481 e. The summed E-state index contributed by atoms with van der Waals surface area (Å²) in [5, 5.41) is 13.2. The van der Waals surface area contributed by atoms with Gasteiger partial charge in [0.2, 0.25) is 0 Å². The summed E-state index contributed by atoms with van der Waals surface area (Å²) in [5.41, 5.74) is 2.66. The summed E-state index contributed by atoms with van der Waals surface area (Å²) in [4.78, 5) is 39.8. The molecule has 1 heterocycles. The highest BCUT2D eigenvalue weighted by Crippen LogP contribution is 2.38. The van der Waals surface area contributed by atoms with Gasteiger partial charge >= 0.3 is 5.97 Å². The number of nitrogens with one attached hydrogen (secondary N) is 1. The summed E-state index contributed by atoms with van der Waals surface area (Å²) < 4.78 is 0. The number of hydrogen-bond donors (Lipinski definition) is 2. The molecule has 7 heteroatoms. The number of carboxylic acid groups (broad SMARTS) is 1. The van der Waals surface area contributed by atoms with Crippen LogP contribution in [0.3, 0.4) is 0 Å². The molecule has 2 aliphatic carbocycles. The molecule has 164 valence electrons. The van der Waals surface area contributed by atoms with Crippen LogP contribution in [0.25, 0.3) is 0 Å². The fraction of sp³-hybridized carbons (Fsp3) is 0.458. The van der Waals surface area contributed by atoms with Crippen molar-refractivity contribution in [2.75, 3.05) is 0 Å². The highest BCUT2D eigenvalue weighted by molar-refractivity contribution is 7.12. The number of rotatable bonds is 7. The van der Waals surface area contributed by atoms with Crippen LogP contribution in [0, 0.1) is 11.8 Å². The second-order valence-corrected chi connectivity index (χ2v) is 10.1. The molecule has 31 heavy (non-hydrogen) atoms. The molecule has 1 amide bonds. The monoisotopic (exact) mass is 459 g/mol. The fourth-order valence-corrected chi connectivity index (χ4v) is 6.35. The van der Waals surface area contributed by atoms with E-state index in [9.17, 15) is 19.5 Å². The Labute approximate surface area is 190 Å². The zero-order valence-corrected chi connectivity index (χ0v) is 18.9. The van der Waals surface area contributed by atoms with Gasteiger partial charge in [-0.2, -0.15) is 0 Å². The van der Waals surface area contributed by atoms with Crippen molar-refractivity contribution < 1.29 is 19.5 Å². The first-order valence-corrected chi connectivity index (χ1v) is 12.0. The van der Waals surface area contributed by atoms with E-state index in [0.717, 1.165) is 48.1 Å². The van der Waals surface area contributed by atoms with E-state index in [-0.39, 0.29) is 18.1 Å². The Morgan fingerprint density at radius 2 is 1.74 bits per heavy atom. The van der Waals surface area contributed by atoms with Crippen molar-refractivity contribution in [3.05, 3.63) is 55.7 Å². The van der Waals surface area contributed by atoms with E-state index in [1.165, 1.54) is 4.88 Å². The van der Waals surface area contributed by atoms with Gasteiger partial charge in [-0.1, -0.05) is 36.6 Å². The van der Waals surface area contributed by atoms with Crippen LogP contribution in [-0.4, -0.2) is 22.8 Å². The summed E-state index contributed by atoms with van der Waals surface area (Å²) in [7, 11) is 0. The second kappa shape index (κ2) is 9.53. The molecule has 0 bridgehead atoms. The smallest absolute Gasteiger partial charge is 0.307 e. The molecule has 2 unspecified atom stereocenters. The highest BCUT2D eigenvalue weighted by atomic mass is 35.5. The average molecular weight is 460 g/mol. The van der Waals surface area contributed by atoms with Gasteiger partial charge < -0.3 is 10.4 Å². The van der Waals surface area contributed by atoms with Crippen molar-refractivity contribution in [2.24, 2.45) is 11.8 Å². The molecule has 1 aromatic carbocycles. The maximum absolute atomic E-state index is 13.1. The largest absolute Gasteiger partial charge is 0.481 e. The molecule has 1 fully saturated rings. The molecule has 0 radical (unpaired) electrons. The van der Waals surface area contributed by atoms with E-state index >= 15 is 0 Å². The van der Waals surface area contributed by atoms with Crippen LogP contribution < -0.4 is 5.32 Å². The van der Waals surface area contributed by atoms with Crippen LogP contribution in [-0.2, 0) is 35.4 Å². The van der Waals surface area contributed by atoms with Crippen LogP contribution >= 0.6 is 22.9 Å². The number of hydrogen-bond acceptors (Lipinski definition) is 4. The summed E-state index contributed by atoms with van der Waals surface area (Å²) in [6.07, 6.45) is 5.88. The van der Waals surface area contributed by atoms with Crippen molar-refractivity contribution in [2.45, 2.75) is 57.9 Å². The molecular formula is C24H26ClNO4S. The summed E-state index contributed by atoms with van der Waals surface area (Å²) in [6.45, 7) is 0.387.